The molecule has 2 heterocycles. The van der Waals surface area contributed by atoms with Gasteiger partial charge in [-0.25, -0.2) is 9.80 Å². The van der Waals surface area contributed by atoms with Gasteiger partial charge in [0, 0.05) is 24.3 Å². The minimum atomic E-state index is -1.30. The molecular weight excluding hydrogens is 683 g/mol. The first-order valence-corrected chi connectivity index (χ1v) is 16.1. The Labute approximate surface area is 267 Å². The number of rotatable bonds is 6. The number of carbonyl (C=O) groups excluding carboxylic acids is 6. The van der Waals surface area contributed by atoms with E-state index in [0.717, 1.165) is 34.1 Å². The first-order valence-electron chi connectivity index (χ1n) is 13.3. The van der Waals surface area contributed by atoms with Gasteiger partial charge in [0.25, 0.3) is 23.6 Å². The minimum absolute atomic E-state index is 0.00389. The molecule has 4 amide bonds. The molecule has 0 atom stereocenters. The van der Waals surface area contributed by atoms with Crippen molar-refractivity contribution in [2.45, 2.75) is 0 Å². The van der Waals surface area contributed by atoms with Crippen LogP contribution in [0.3, 0.4) is 0 Å². The average Bonchev–Trinajstić information content (AvgIpc) is 3.57. The number of imide groups is 2. The Morgan fingerprint density at radius 2 is 0.733 bits per heavy atom. The molecule has 0 unspecified atom stereocenters. The number of aromatic carboxylic acids is 2. The number of amides is 4. The zero-order valence-electron chi connectivity index (χ0n) is 23.4. The van der Waals surface area contributed by atoms with Gasteiger partial charge in [-0.15, -0.1) is 0 Å². The number of carboxylic acids is 2. The van der Waals surface area contributed by atoms with Crippen LogP contribution in [0, 0.1) is 0 Å². The van der Waals surface area contributed by atoms with Crippen molar-refractivity contribution in [3.05, 3.63) is 145 Å². The maximum atomic E-state index is 11.3. The second-order valence-electron chi connectivity index (χ2n) is 9.22. The molecule has 4 aromatic rings. The number of carbonyl (C=O) groups is 6. The standard InChI is InChI=1S/2C11H7NO4.2C6H5.Sn/c2*13-9-5-6-10(14)12(9)8-3-1-7(2-4-8)11(15)16;2*1-2-4-6-5-3-1;/h2*1-6H,(H,15,16);2*1-5H;/q;;;;+2/p-2. The summed E-state index contributed by atoms with van der Waals surface area (Å²) in [5.41, 5.74) is 0.668. The molecule has 10 nitrogen and oxygen atoms in total. The van der Waals surface area contributed by atoms with Crippen molar-refractivity contribution >= 4 is 75.2 Å². The van der Waals surface area contributed by atoms with Gasteiger partial charge in [0.05, 0.1) is 23.3 Å². The van der Waals surface area contributed by atoms with Gasteiger partial charge in [0.2, 0.25) is 0 Å². The van der Waals surface area contributed by atoms with Gasteiger partial charge in [0.1, 0.15) is 0 Å². The fourth-order valence-electron chi connectivity index (χ4n) is 4.01. The Hall–Kier alpha value is -5.62. The van der Waals surface area contributed by atoms with E-state index in [2.05, 4.69) is 60.7 Å². The predicted molar refractivity (Wildman–Crippen MR) is 163 cm³/mol. The van der Waals surface area contributed by atoms with Gasteiger partial charge >= 0.3 is 89.0 Å². The van der Waals surface area contributed by atoms with E-state index in [0.29, 0.717) is 11.4 Å². The molecule has 2 aliphatic heterocycles. The average molecular weight is 705 g/mol. The van der Waals surface area contributed by atoms with Gasteiger partial charge in [-0.3, -0.25) is 19.2 Å². The molecule has 45 heavy (non-hydrogen) atoms. The molecular formula is C34H22N2O8Sn. The summed E-state index contributed by atoms with van der Waals surface area (Å²) in [5, 5.41) is 21.0. The molecule has 2 aliphatic rings. The summed E-state index contributed by atoms with van der Waals surface area (Å²) in [6, 6.07) is 32.2. The fraction of sp³-hybridized carbons (Fsp3) is 0. The van der Waals surface area contributed by atoms with Crippen molar-refractivity contribution in [2.24, 2.45) is 0 Å². The molecule has 4 aromatic carbocycles. The molecule has 0 saturated heterocycles. The Bertz CT molecular complexity index is 1620. The number of nitrogens with zero attached hydrogens (tertiary/aromatic N) is 2. The molecule has 0 radical (unpaired) electrons. The molecule has 11 heteroatoms. The number of carboxylic acid groups (broad SMARTS) is 2. The van der Waals surface area contributed by atoms with Crippen molar-refractivity contribution in [2.75, 3.05) is 9.80 Å². The molecule has 0 fully saturated rings. The van der Waals surface area contributed by atoms with E-state index in [1.54, 1.807) is 0 Å². The van der Waals surface area contributed by atoms with Crippen LogP contribution in [-0.2, 0) is 19.2 Å². The molecule has 0 saturated carbocycles. The Morgan fingerprint density at radius 1 is 0.444 bits per heavy atom. The van der Waals surface area contributed by atoms with Gasteiger partial charge in [0.15, 0.2) is 0 Å². The second-order valence-corrected chi connectivity index (χ2v) is 13.2. The first-order chi connectivity index (χ1) is 21.6. The predicted octanol–water partition coefficient (Wildman–Crippen LogP) is 0.301. The van der Waals surface area contributed by atoms with Crippen LogP contribution in [0.4, 0.5) is 11.4 Å². The summed E-state index contributed by atoms with van der Waals surface area (Å²) in [6.07, 6.45) is 4.65. The summed E-state index contributed by atoms with van der Waals surface area (Å²) in [7, 11) is 0. The van der Waals surface area contributed by atoms with Crippen molar-refractivity contribution in [1.29, 1.82) is 0 Å². The molecule has 0 aliphatic carbocycles. The Morgan fingerprint density at radius 3 is 1.00 bits per heavy atom. The normalized spacial score (nSPS) is 13.1. The second kappa shape index (κ2) is 15.2. The van der Waals surface area contributed by atoms with Crippen LogP contribution >= 0.6 is 0 Å². The van der Waals surface area contributed by atoms with Crippen LogP contribution in [0.5, 0.6) is 0 Å². The van der Waals surface area contributed by atoms with Crippen LogP contribution in [0.2, 0.25) is 0 Å². The Balaban J connectivity index is 0.000000155. The van der Waals surface area contributed by atoms with E-state index < -0.39 is 56.7 Å². The molecule has 0 aromatic heterocycles. The summed E-state index contributed by atoms with van der Waals surface area (Å²) >= 11 is -0.517. The molecule has 220 valence electrons. The van der Waals surface area contributed by atoms with Gasteiger partial charge < -0.3 is 19.8 Å². The third kappa shape index (κ3) is 8.71. The van der Waals surface area contributed by atoms with Crippen LogP contribution in [0.25, 0.3) is 0 Å². The summed E-state index contributed by atoms with van der Waals surface area (Å²) in [5.74, 6) is -4.36. The van der Waals surface area contributed by atoms with E-state index in [4.69, 9.17) is 0 Å². The molecule has 6 rings (SSSR count). The third-order valence-corrected chi connectivity index (χ3v) is 9.73. The topological polar surface area (TPSA) is 155 Å². The quantitative estimate of drug-likeness (QED) is 0.205. The van der Waals surface area contributed by atoms with Crippen LogP contribution in [0.1, 0.15) is 20.7 Å². The molecule has 0 N–H and O–H groups in total. The molecule has 0 spiro atoms. The van der Waals surface area contributed by atoms with E-state index in [1.807, 2.05) is 0 Å². The fourth-order valence-corrected chi connectivity index (χ4v) is 7.01. The number of anilines is 2. The van der Waals surface area contributed by atoms with Crippen molar-refractivity contribution in [3.63, 3.8) is 0 Å². The number of benzene rings is 4. The Kier molecular flexibility index (Phi) is 10.9. The van der Waals surface area contributed by atoms with E-state index in [-0.39, 0.29) is 11.1 Å². The van der Waals surface area contributed by atoms with Crippen LogP contribution in [0.15, 0.2) is 133 Å². The van der Waals surface area contributed by atoms with Gasteiger partial charge in [-0.1, -0.05) is 24.3 Å². The van der Waals surface area contributed by atoms with Gasteiger partial charge in [-0.2, -0.15) is 0 Å². The van der Waals surface area contributed by atoms with E-state index in [9.17, 15) is 39.0 Å². The van der Waals surface area contributed by atoms with Crippen LogP contribution in [-0.4, -0.2) is 56.7 Å². The van der Waals surface area contributed by atoms with E-state index >= 15 is 0 Å². The van der Waals surface area contributed by atoms with Crippen LogP contribution < -0.4 is 27.2 Å². The SMILES string of the molecule is O=C([O-])c1ccc(N2C(=O)C=CC2=O)cc1.O=C([O-])c1ccc(N2C(=O)C=CC2=O)cc1.c1cc[c]([Sn+2][c]2ccccc2)cc1. The molecule has 0 bridgehead atoms. The number of hydrogen-bond donors (Lipinski definition) is 0. The first kappa shape index (κ1) is 32.3. The van der Waals surface area contributed by atoms with Crippen molar-refractivity contribution < 1.29 is 39.0 Å². The summed E-state index contributed by atoms with van der Waals surface area (Å²) < 4.78 is 3.08. The van der Waals surface area contributed by atoms with Crippen molar-refractivity contribution in [1.82, 2.24) is 0 Å². The monoisotopic (exact) mass is 706 g/mol. The third-order valence-electron chi connectivity index (χ3n) is 6.18. The van der Waals surface area contributed by atoms with Crippen molar-refractivity contribution in [3.8, 4) is 0 Å². The maximum absolute atomic E-state index is 11.3. The van der Waals surface area contributed by atoms with Gasteiger partial charge in [-0.05, 0) is 35.4 Å². The summed E-state index contributed by atoms with van der Waals surface area (Å²) in [6.45, 7) is 0. The summed E-state index contributed by atoms with van der Waals surface area (Å²) in [4.78, 5) is 68.1. The zero-order valence-corrected chi connectivity index (χ0v) is 26.2. The number of hydrogen-bond acceptors (Lipinski definition) is 8. The van der Waals surface area contributed by atoms with E-state index in [1.165, 1.54) is 55.7 Å². The zero-order chi connectivity index (χ0) is 32.3.